The molecule has 0 atom stereocenters. The van der Waals surface area contributed by atoms with Crippen LogP contribution in [0.4, 0.5) is 0 Å². The van der Waals surface area contributed by atoms with Crippen molar-refractivity contribution in [2.45, 2.75) is 4.90 Å². The number of halogens is 2. The van der Waals surface area contributed by atoms with E-state index < -0.39 is 9.05 Å². The van der Waals surface area contributed by atoms with E-state index in [4.69, 9.17) is 22.3 Å². The van der Waals surface area contributed by atoms with Gasteiger partial charge in [0.25, 0.3) is 9.05 Å². The van der Waals surface area contributed by atoms with Crippen LogP contribution in [-0.4, -0.2) is 13.4 Å². The zero-order chi connectivity index (χ0) is 11.1. The van der Waals surface area contributed by atoms with Crippen LogP contribution in [0.15, 0.2) is 35.4 Å². The van der Waals surface area contributed by atoms with E-state index in [1.54, 1.807) is 12.1 Å². The zero-order valence-corrected chi connectivity index (χ0v) is 9.64. The van der Waals surface area contributed by atoms with Gasteiger partial charge in [-0.2, -0.15) is 0 Å². The molecule has 0 bridgehead atoms. The largest absolute Gasteiger partial charge is 0.261 e. The first-order chi connectivity index (χ1) is 6.97. The molecule has 0 aliphatic rings. The fourth-order valence-electron chi connectivity index (χ4n) is 1.23. The lowest BCUT2D eigenvalue weighted by molar-refractivity contribution is 0.609. The summed E-state index contributed by atoms with van der Waals surface area (Å²) < 4.78 is 22.1. The minimum Gasteiger partial charge on any atom is -0.255 e. The molecule has 1 heterocycles. The molecule has 0 amide bonds. The van der Waals surface area contributed by atoms with Gasteiger partial charge in [-0.3, -0.25) is 4.98 Å². The van der Waals surface area contributed by atoms with E-state index in [0.29, 0.717) is 15.9 Å². The van der Waals surface area contributed by atoms with Gasteiger partial charge in [-0.25, -0.2) is 8.42 Å². The van der Waals surface area contributed by atoms with Gasteiger partial charge in [0.05, 0.1) is 15.4 Å². The second-order valence-corrected chi connectivity index (χ2v) is 5.95. The standard InChI is InChI=1S/C9H5Cl2NO2S/c10-7-3-6-4-8(15(11,13)14)1-2-9(6)12-5-7/h1-5H. The number of nitrogens with zero attached hydrogens (tertiary/aromatic N) is 1. The molecule has 1 aromatic carbocycles. The molecule has 0 radical (unpaired) electrons. The van der Waals surface area contributed by atoms with E-state index in [2.05, 4.69) is 4.98 Å². The molecule has 0 saturated heterocycles. The van der Waals surface area contributed by atoms with Gasteiger partial charge in [0.1, 0.15) is 0 Å². The Morgan fingerprint density at radius 3 is 2.60 bits per heavy atom. The van der Waals surface area contributed by atoms with Gasteiger partial charge in [0, 0.05) is 22.3 Å². The van der Waals surface area contributed by atoms with Crippen molar-refractivity contribution in [1.29, 1.82) is 0 Å². The third-order valence-electron chi connectivity index (χ3n) is 1.90. The number of hydrogen-bond acceptors (Lipinski definition) is 3. The lowest BCUT2D eigenvalue weighted by Crippen LogP contribution is -1.90. The first-order valence-electron chi connectivity index (χ1n) is 3.97. The summed E-state index contributed by atoms with van der Waals surface area (Å²) in [7, 11) is 1.51. The number of pyridine rings is 1. The SMILES string of the molecule is O=S(=O)(Cl)c1ccc2ncc(Cl)cc2c1. The van der Waals surface area contributed by atoms with Crippen LogP contribution in [-0.2, 0) is 9.05 Å². The molecule has 0 unspecified atom stereocenters. The third-order valence-corrected chi connectivity index (χ3v) is 3.46. The molecule has 15 heavy (non-hydrogen) atoms. The van der Waals surface area contributed by atoms with E-state index in [-0.39, 0.29) is 4.90 Å². The van der Waals surface area contributed by atoms with E-state index >= 15 is 0 Å². The van der Waals surface area contributed by atoms with Crippen LogP contribution in [0.2, 0.25) is 5.02 Å². The van der Waals surface area contributed by atoms with Crippen LogP contribution in [0, 0.1) is 0 Å². The zero-order valence-electron chi connectivity index (χ0n) is 7.31. The number of benzene rings is 1. The summed E-state index contributed by atoms with van der Waals surface area (Å²) in [5.41, 5.74) is 0.670. The van der Waals surface area contributed by atoms with Crippen LogP contribution in [0.5, 0.6) is 0 Å². The van der Waals surface area contributed by atoms with E-state index in [1.807, 2.05) is 0 Å². The van der Waals surface area contributed by atoms with Crippen molar-refractivity contribution in [2.75, 3.05) is 0 Å². The first-order valence-corrected chi connectivity index (χ1v) is 6.65. The summed E-state index contributed by atoms with van der Waals surface area (Å²) in [6, 6.07) is 6.07. The van der Waals surface area contributed by atoms with Crippen LogP contribution in [0.3, 0.4) is 0 Å². The lowest BCUT2D eigenvalue weighted by Gasteiger charge is -2.00. The molecule has 0 aliphatic carbocycles. The summed E-state index contributed by atoms with van der Waals surface area (Å²) >= 11 is 5.74. The molecule has 6 heteroatoms. The molecule has 0 N–H and O–H groups in total. The van der Waals surface area contributed by atoms with Crippen molar-refractivity contribution < 1.29 is 8.42 Å². The molecular weight excluding hydrogens is 257 g/mol. The smallest absolute Gasteiger partial charge is 0.255 e. The van der Waals surface area contributed by atoms with Gasteiger partial charge >= 0.3 is 0 Å². The number of hydrogen-bond donors (Lipinski definition) is 0. The number of fused-ring (bicyclic) bond motifs is 1. The molecule has 3 nitrogen and oxygen atoms in total. The lowest BCUT2D eigenvalue weighted by atomic mass is 10.2. The Labute approximate surface area is 96.1 Å². The quantitative estimate of drug-likeness (QED) is 0.742. The molecule has 2 rings (SSSR count). The second kappa shape index (κ2) is 3.63. The van der Waals surface area contributed by atoms with Crippen molar-refractivity contribution in [3.05, 3.63) is 35.5 Å². The normalized spacial score (nSPS) is 11.9. The Kier molecular flexibility index (Phi) is 2.58. The molecule has 1 aromatic heterocycles. The van der Waals surface area contributed by atoms with Crippen LogP contribution in [0.25, 0.3) is 10.9 Å². The molecular formula is C9H5Cl2NO2S. The van der Waals surface area contributed by atoms with Crippen molar-refractivity contribution in [3.63, 3.8) is 0 Å². The minimum atomic E-state index is -3.71. The Balaban J connectivity index is 2.75. The van der Waals surface area contributed by atoms with Gasteiger partial charge in [-0.05, 0) is 24.3 Å². The summed E-state index contributed by atoms with van der Waals surface area (Å²) in [5.74, 6) is 0. The average Bonchev–Trinajstić information content (AvgIpc) is 2.15. The Bertz CT molecular complexity index is 625. The van der Waals surface area contributed by atoms with Crippen LogP contribution in [0.1, 0.15) is 0 Å². The topological polar surface area (TPSA) is 47.0 Å². The average molecular weight is 262 g/mol. The van der Waals surface area contributed by atoms with Crippen molar-refractivity contribution in [3.8, 4) is 0 Å². The highest BCUT2D eigenvalue weighted by Crippen LogP contribution is 2.22. The molecule has 2 aromatic rings. The predicted octanol–water partition coefficient (Wildman–Crippen LogP) is 2.82. The molecule has 0 aliphatic heterocycles. The highest BCUT2D eigenvalue weighted by Gasteiger charge is 2.10. The maximum absolute atomic E-state index is 11.1. The number of aromatic nitrogens is 1. The van der Waals surface area contributed by atoms with Gasteiger partial charge < -0.3 is 0 Å². The minimum absolute atomic E-state index is 0.0423. The summed E-state index contributed by atoms with van der Waals surface area (Å²) in [6.07, 6.45) is 1.50. The van der Waals surface area contributed by atoms with Crippen LogP contribution >= 0.6 is 22.3 Å². The van der Waals surface area contributed by atoms with Crippen molar-refractivity contribution in [2.24, 2.45) is 0 Å². The van der Waals surface area contributed by atoms with E-state index in [1.165, 1.54) is 18.3 Å². The summed E-state index contributed by atoms with van der Waals surface area (Å²) in [4.78, 5) is 4.08. The van der Waals surface area contributed by atoms with Crippen molar-refractivity contribution >= 4 is 42.2 Å². The van der Waals surface area contributed by atoms with Gasteiger partial charge in [0.2, 0.25) is 0 Å². The van der Waals surface area contributed by atoms with E-state index in [9.17, 15) is 8.42 Å². The highest BCUT2D eigenvalue weighted by atomic mass is 35.7. The maximum atomic E-state index is 11.1. The molecule has 0 fully saturated rings. The Morgan fingerprint density at radius 1 is 1.20 bits per heavy atom. The van der Waals surface area contributed by atoms with Crippen molar-refractivity contribution in [1.82, 2.24) is 4.98 Å². The van der Waals surface area contributed by atoms with Crippen LogP contribution < -0.4 is 0 Å². The molecule has 0 saturated carbocycles. The second-order valence-electron chi connectivity index (χ2n) is 2.95. The highest BCUT2D eigenvalue weighted by molar-refractivity contribution is 8.13. The Hall–Kier alpha value is -0.840. The fraction of sp³-hybridized carbons (Fsp3) is 0. The summed E-state index contributed by atoms with van der Waals surface area (Å²) in [5, 5.41) is 1.09. The monoisotopic (exact) mass is 261 g/mol. The van der Waals surface area contributed by atoms with Gasteiger partial charge in [-0.1, -0.05) is 11.6 Å². The molecule has 0 spiro atoms. The number of rotatable bonds is 1. The van der Waals surface area contributed by atoms with Gasteiger partial charge in [-0.15, -0.1) is 0 Å². The predicted molar refractivity (Wildman–Crippen MR) is 59.8 cm³/mol. The third kappa shape index (κ3) is 2.22. The summed E-state index contributed by atoms with van der Waals surface area (Å²) in [6.45, 7) is 0. The maximum Gasteiger partial charge on any atom is 0.261 e. The van der Waals surface area contributed by atoms with Gasteiger partial charge in [0.15, 0.2) is 0 Å². The molecule has 78 valence electrons. The first kappa shape index (κ1) is 10.7. The van der Waals surface area contributed by atoms with E-state index in [0.717, 1.165) is 0 Å². The Morgan fingerprint density at radius 2 is 1.93 bits per heavy atom. The fourth-order valence-corrected chi connectivity index (χ4v) is 2.19.